The van der Waals surface area contributed by atoms with Crippen molar-refractivity contribution in [3.8, 4) is 5.69 Å². The molecule has 2 aromatic rings. The van der Waals surface area contributed by atoms with Crippen LogP contribution < -0.4 is 0 Å². The first-order chi connectivity index (χ1) is 10.1. The molecule has 110 valence electrons. The zero-order valence-electron chi connectivity index (χ0n) is 12.4. The van der Waals surface area contributed by atoms with Crippen molar-refractivity contribution >= 4 is 12.3 Å². The molecular weight excluding hydrogens is 268 g/mol. The summed E-state index contributed by atoms with van der Waals surface area (Å²) < 4.78 is 6.52. The Balaban J connectivity index is 2.56. The third kappa shape index (κ3) is 2.86. The topological polar surface area (TPSA) is 61.2 Å². The van der Waals surface area contributed by atoms with Crippen molar-refractivity contribution in [2.45, 2.75) is 27.2 Å². The molecular formula is C16H18N2O3. The highest BCUT2D eigenvalue weighted by Crippen LogP contribution is 2.21. The van der Waals surface area contributed by atoms with Crippen molar-refractivity contribution in [3.05, 3.63) is 46.8 Å². The fourth-order valence-electron chi connectivity index (χ4n) is 2.28. The van der Waals surface area contributed by atoms with E-state index in [0.29, 0.717) is 6.29 Å². The van der Waals surface area contributed by atoms with Gasteiger partial charge < -0.3 is 4.74 Å². The molecule has 5 nitrogen and oxygen atoms in total. The van der Waals surface area contributed by atoms with Gasteiger partial charge in [-0.15, -0.1) is 0 Å². The number of benzene rings is 1. The molecule has 1 aromatic carbocycles. The van der Waals surface area contributed by atoms with Crippen molar-refractivity contribution in [1.82, 2.24) is 9.78 Å². The Kier molecular flexibility index (Phi) is 4.52. The Morgan fingerprint density at radius 2 is 2.14 bits per heavy atom. The van der Waals surface area contributed by atoms with Gasteiger partial charge in [-0.3, -0.25) is 4.79 Å². The van der Waals surface area contributed by atoms with Crippen LogP contribution in [0.3, 0.4) is 0 Å². The van der Waals surface area contributed by atoms with Gasteiger partial charge in [-0.05, 0) is 31.4 Å². The summed E-state index contributed by atoms with van der Waals surface area (Å²) in [5.74, 6) is -0.579. The molecule has 0 radical (unpaired) electrons. The van der Waals surface area contributed by atoms with Gasteiger partial charge in [-0.2, -0.15) is 5.10 Å². The van der Waals surface area contributed by atoms with Crippen LogP contribution in [0.15, 0.2) is 24.4 Å². The van der Waals surface area contributed by atoms with Gasteiger partial charge in [0.1, 0.15) is 0 Å². The van der Waals surface area contributed by atoms with Gasteiger partial charge in [-0.25, -0.2) is 9.48 Å². The van der Waals surface area contributed by atoms with E-state index in [-0.39, 0.29) is 17.9 Å². The van der Waals surface area contributed by atoms with E-state index in [4.69, 9.17) is 4.74 Å². The van der Waals surface area contributed by atoms with E-state index in [1.54, 1.807) is 17.8 Å². The molecule has 0 atom stereocenters. The SMILES string of the molecule is CCOC(=O)c1nn(-c2c(C)cccc2CC)cc1C=O. The van der Waals surface area contributed by atoms with E-state index < -0.39 is 5.97 Å². The summed E-state index contributed by atoms with van der Waals surface area (Å²) in [6, 6.07) is 5.96. The lowest BCUT2D eigenvalue weighted by Crippen LogP contribution is -2.09. The summed E-state index contributed by atoms with van der Waals surface area (Å²) in [7, 11) is 0. The fraction of sp³-hybridized carbons (Fsp3) is 0.312. The van der Waals surface area contributed by atoms with Crippen LogP contribution in [-0.2, 0) is 11.2 Å². The Bertz CT molecular complexity index is 674. The molecule has 0 N–H and O–H groups in total. The van der Waals surface area contributed by atoms with Crippen LogP contribution in [0.4, 0.5) is 0 Å². The predicted octanol–water partition coefficient (Wildman–Crippen LogP) is 2.73. The lowest BCUT2D eigenvalue weighted by atomic mass is 10.1. The van der Waals surface area contributed by atoms with Crippen LogP contribution in [0.5, 0.6) is 0 Å². The van der Waals surface area contributed by atoms with Crippen molar-refractivity contribution < 1.29 is 14.3 Å². The summed E-state index contributed by atoms with van der Waals surface area (Å²) in [5.41, 5.74) is 3.32. The van der Waals surface area contributed by atoms with Gasteiger partial charge in [-0.1, -0.05) is 25.1 Å². The van der Waals surface area contributed by atoms with Crippen molar-refractivity contribution in [3.63, 3.8) is 0 Å². The largest absolute Gasteiger partial charge is 0.461 e. The van der Waals surface area contributed by atoms with E-state index in [2.05, 4.69) is 12.0 Å². The normalized spacial score (nSPS) is 10.4. The number of rotatable bonds is 5. The second kappa shape index (κ2) is 6.35. The standard InChI is InChI=1S/C16H18N2O3/c1-4-12-8-6-7-11(3)15(12)18-9-13(10-19)14(17-18)16(20)21-5-2/h6-10H,4-5H2,1-3H3. The minimum Gasteiger partial charge on any atom is -0.461 e. The van der Waals surface area contributed by atoms with Crippen molar-refractivity contribution in [2.24, 2.45) is 0 Å². The Morgan fingerprint density at radius 3 is 2.76 bits per heavy atom. The fourth-order valence-corrected chi connectivity index (χ4v) is 2.28. The van der Waals surface area contributed by atoms with E-state index in [1.165, 1.54) is 0 Å². The predicted molar refractivity (Wildman–Crippen MR) is 79.0 cm³/mol. The van der Waals surface area contributed by atoms with Gasteiger partial charge in [0, 0.05) is 6.20 Å². The number of carbonyl (C=O) groups is 2. The van der Waals surface area contributed by atoms with Crippen LogP contribution in [-0.4, -0.2) is 28.6 Å². The highest BCUT2D eigenvalue weighted by Gasteiger charge is 2.19. The average molecular weight is 286 g/mol. The molecule has 1 aromatic heterocycles. The number of nitrogens with zero attached hydrogens (tertiary/aromatic N) is 2. The Labute approximate surface area is 123 Å². The summed E-state index contributed by atoms with van der Waals surface area (Å²) in [6.45, 7) is 5.98. The number of aromatic nitrogens is 2. The van der Waals surface area contributed by atoms with E-state index >= 15 is 0 Å². The van der Waals surface area contributed by atoms with Crippen LogP contribution in [0.1, 0.15) is 45.8 Å². The maximum atomic E-state index is 11.9. The van der Waals surface area contributed by atoms with E-state index in [0.717, 1.165) is 23.2 Å². The summed E-state index contributed by atoms with van der Waals surface area (Å²) >= 11 is 0. The van der Waals surface area contributed by atoms with Gasteiger partial charge in [0.15, 0.2) is 12.0 Å². The first kappa shape index (κ1) is 15.0. The summed E-state index contributed by atoms with van der Waals surface area (Å²) in [5, 5.41) is 4.25. The number of aryl methyl sites for hydroxylation is 2. The minimum atomic E-state index is -0.579. The van der Waals surface area contributed by atoms with Crippen LogP contribution in [0.25, 0.3) is 5.69 Å². The third-order valence-corrected chi connectivity index (χ3v) is 3.27. The molecule has 1 heterocycles. The van der Waals surface area contributed by atoms with Crippen molar-refractivity contribution in [2.75, 3.05) is 6.61 Å². The van der Waals surface area contributed by atoms with Crippen LogP contribution in [0.2, 0.25) is 0 Å². The van der Waals surface area contributed by atoms with Gasteiger partial charge in [0.2, 0.25) is 0 Å². The summed E-state index contributed by atoms with van der Waals surface area (Å²) in [4.78, 5) is 23.0. The second-order valence-corrected chi connectivity index (χ2v) is 4.65. The maximum Gasteiger partial charge on any atom is 0.359 e. The van der Waals surface area contributed by atoms with Gasteiger partial charge in [0.25, 0.3) is 0 Å². The Hall–Kier alpha value is -2.43. The third-order valence-electron chi connectivity index (χ3n) is 3.27. The smallest absolute Gasteiger partial charge is 0.359 e. The number of esters is 1. The number of hydrogen-bond donors (Lipinski definition) is 0. The second-order valence-electron chi connectivity index (χ2n) is 4.65. The zero-order chi connectivity index (χ0) is 15.4. The highest BCUT2D eigenvalue weighted by molar-refractivity contribution is 5.96. The quantitative estimate of drug-likeness (QED) is 0.626. The Morgan fingerprint density at radius 1 is 1.38 bits per heavy atom. The number of aldehydes is 1. The summed E-state index contributed by atoms with van der Waals surface area (Å²) in [6.07, 6.45) is 3.03. The number of para-hydroxylation sites is 1. The van der Waals surface area contributed by atoms with Gasteiger partial charge >= 0.3 is 5.97 Å². The van der Waals surface area contributed by atoms with Crippen LogP contribution >= 0.6 is 0 Å². The lowest BCUT2D eigenvalue weighted by molar-refractivity contribution is 0.0517. The molecule has 0 aliphatic carbocycles. The molecule has 0 saturated heterocycles. The maximum absolute atomic E-state index is 11.9. The molecule has 0 fully saturated rings. The molecule has 0 aliphatic heterocycles. The minimum absolute atomic E-state index is 0.0529. The average Bonchev–Trinajstić information content (AvgIpc) is 2.91. The number of carbonyl (C=O) groups excluding carboxylic acids is 2. The molecule has 0 amide bonds. The molecule has 5 heteroatoms. The monoisotopic (exact) mass is 286 g/mol. The zero-order valence-corrected chi connectivity index (χ0v) is 12.4. The van der Waals surface area contributed by atoms with E-state index in [1.807, 2.05) is 25.1 Å². The number of hydrogen-bond acceptors (Lipinski definition) is 4. The molecule has 0 spiro atoms. The van der Waals surface area contributed by atoms with Crippen LogP contribution in [0, 0.1) is 6.92 Å². The van der Waals surface area contributed by atoms with Crippen molar-refractivity contribution in [1.29, 1.82) is 0 Å². The molecule has 2 rings (SSSR count). The molecule has 0 bridgehead atoms. The lowest BCUT2D eigenvalue weighted by Gasteiger charge is -2.11. The molecule has 0 unspecified atom stereocenters. The first-order valence-corrected chi connectivity index (χ1v) is 6.93. The van der Waals surface area contributed by atoms with E-state index in [9.17, 15) is 9.59 Å². The molecule has 0 saturated carbocycles. The number of ether oxygens (including phenoxy) is 1. The molecule has 0 aliphatic rings. The first-order valence-electron chi connectivity index (χ1n) is 6.93. The van der Waals surface area contributed by atoms with Gasteiger partial charge in [0.05, 0.1) is 17.9 Å². The molecule has 21 heavy (non-hydrogen) atoms. The highest BCUT2D eigenvalue weighted by atomic mass is 16.5.